The second-order valence-corrected chi connectivity index (χ2v) is 10.0. The number of ether oxygens (including phenoxy) is 1. The molecule has 0 saturated heterocycles. The van der Waals surface area contributed by atoms with E-state index in [1.54, 1.807) is 0 Å². The standard InChI is InChI=1S/C23H36O3/c1-4-5-21(25)26-20-9-8-18-17-7-6-15-14-16(24)10-12-22(15,2)19(17)11-13-23(18,20)3/h6,16-20,24H,4-5,7-14H2,1-3H3. The average molecular weight is 361 g/mol. The second-order valence-electron chi connectivity index (χ2n) is 10.0. The molecule has 0 aromatic heterocycles. The van der Waals surface area contributed by atoms with Gasteiger partial charge < -0.3 is 9.84 Å². The summed E-state index contributed by atoms with van der Waals surface area (Å²) in [6.45, 7) is 6.91. The topological polar surface area (TPSA) is 46.5 Å². The molecule has 0 radical (unpaired) electrons. The SMILES string of the molecule is CCCC(=O)OC1CCC2C3CC=C4CC(O)CCC4(C)C3CCC12C. The molecule has 7 unspecified atom stereocenters. The van der Waals surface area contributed by atoms with Gasteiger partial charge in [0.15, 0.2) is 0 Å². The molecule has 3 fully saturated rings. The third-order valence-corrected chi connectivity index (χ3v) is 8.72. The van der Waals surface area contributed by atoms with E-state index in [2.05, 4.69) is 19.9 Å². The Balaban J connectivity index is 1.55. The van der Waals surface area contributed by atoms with Crippen molar-refractivity contribution in [2.45, 2.75) is 97.2 Å². The third-order valence-electron chi connectivity index (χ3n) is 8.72. The number of allylic oxidation sites excluding steroid dienone is 1. The van der Waals surface area contributed by atoms with Gasteiger partial charge in [0.25, 0.3) is 0 Å². The first-order valence-electron chi connectivity index (χ1n) is 11.0. The third kappa shape index (κ3) is 2.77. The Labute approximate surface area is 158 Å². The summed E-state index contributed by atoms with van der Waals surface area (Å²) in [7, 11) is 0. The van der Waals surface area contributed by atoms with Crippen LogP contribution in [0.2, 0.25) is 0 Å². The van der Waals surface area contributed by atoms with E-state index in [-0.39, 0.29) is 23.6 Å². The molecule has 3 nitrogen and oxygen atoms in total. The largest absolute Gasteiger partial charge is 0.462 e. The number of esters is 1. The van der Waals surface area contributed by atoms with Crippen LogP contribution in [0.4, 0.5) is 0 Å². The van der Waals surface area contributed by atoms with Gasteiger partial charge in [-0.15, -0.1) is 0 Å². The second kappa shape index (κ2) is 6.65. The summed E-state index contributed by atoms with van der Waals surface area (Å²) in [6, 6.07) is 0. The number of hydrogen-bond donors (Lipinski definition) is 1. The van der Waals surface area contributed by atoms with Crippen molar-refractivity contribution >= 4 is 5.97 Å². The fourth-order valence-electron chi connectivity index (χ4n) is 7.21. The van der Waals surface area contributed by atoms with Crippen molar-refractivity contribution in [1.29, 1.82) is 0 Å². The molecule has 0 heterocycles. The van der Waals surface area contributed by atoms with Crippen LogP contribution in [0.5, 0.6) is 0 Å². The molecule has 0 amide bonds. The van der Waals surface area contributed by atoms with Gasteiger partial charge in [0.2, 0.25) is 0 Å². The lowest BCUT2D eigenvalue weighted by molar-refractivity contribution is -0.159. The molecule has 0 spiro atoms. The summed E-state index contributed by atoms with van der Waals surface area (Å²) < 4.78 is 5.96. The number of carbonyl (C=O) groups excluding carboxylic acids is 1. The number of rotatable bonds is 3. The Morgan fingerprint density at radius 3 is 2.77 bits per heavy atom. The summed E-state index contributed by atoms with van der Waals surface area (Å²) in [5.41, 5.74) is 1.99. The minimum Gasteiger partial charge on any atom is -0.462 e. The van der Waals surface area contributed by atoms with Crippen molar-refractivity contribution in [3.8, 4) is 0 Å². The zero-order valence-electron chi connectivity index (χ0n) is 16.8. The van der Waals surface area contributed by atoms with Crippen LogP contribution in [-0.2, 0) is 9.53 Å². The van der Waals surface area contributed by atoms with Gasteiger partial charge in [-0.25, -0.2) is 0 Å². The maximum absolute atomic E-state index is 12.1. The Morgan fingerprint density at radius 1 is 1.19 bits per heavy atom. The lowest BCUT2D eigenvalue weighted by atomic mass is 9.48. The highest BCUT2D eigenvalue weighted by atomic mass is 16.5. The lowest BCUT2D eigenvalue weighted by Crippen LogP contribution is -2.51. The quantitative estimate of drug-likeness (QED) is 0.568. The van der Waals surface area contributed by atoms with Crippen LogP contribution in [0.25, 0.3) is 0 Å². The Morgan fingerprint density at radius 2 is 2.00 bits per heavy atom. The number of carbonyl (C=O) groups is 1. The zero-order valence-corrected chi connectivity index (χ0v) is 16.8. The van der Waals surface area contributed by atoms with E-state index in [4.69, 9.17) is 4.74 Å². The first-order chi connectivity index (χ1) is 12.4. The molecule has 0 bridgehead atoms. The van der Waals surface area contributed by atoms with Gasteiger partial charge in [-0.1, -0.05) is 32.4 Å². The van der Waals surface area contributed by atoms with Crippen LogP contribution in [-0.4, -0.2) is 23.3 Å². The highest BCUT2D eigenvalue weighted by Crippen LogP contribution is 2.65. The van der Waals surface area contributed by atoms with Crippen LogP contribution in [0, 0.1) is 28.6 Å². The number of aliphatic hydroxyl groups excluding tert-OH is 1. The first kappa shape index (κ1) is 18.5. The molecule has 3 saturated carbocycles. The van der Waals surface area contributed by atoms with Crippen molar-refractivity contribution in [1.82, 2.24) is 0 Å². The van der Waals surface area contributed by atoms with E-state index in [9.17, 15) is 9.90 Å². The molecule has 3 heteroatoms. The molecular formula is C23H36O3. The van der Waals surface area contributed by atoms with E-state index in [0.717, 1.165) is 50.4 Å². The Hall–Kier alpha value is -0.830. The summed E-state index contributed by atoms with van der Waals surface area (Å²) in [5, 5.41) is 10.1. The minimum absolute atomic E-state index is 0.000514. The van der Waals surface area contributed by atoms with E-state index in [1.807, 2.05) is 6.92 Å². The number of fused-ring (bicyclic) bond motifs is 5. The maximum atomic E-state index is 12.1. The maximum Gasteiger partial charge on any atom is 0.306 e. The van der Waals surface area contributed by atoms with Gasteiger partial charge in [-0.2, -0.15) is 0 Å². The van der Waals surface area contributed by atoms with Gasteiger partial charge in [0.05, 0.1) is 6.10 Å². The molecule has 0 aliphatic heterocycles. The molecule has 4 aliphatic rings. The minimum atomic E-state index is -0.131. The number of aliphatic hydroxyl groups is 1. The fourth-order valence-corrected chi connectivity index (χ4v) is 7.21. The monoisotopic (exact) mass is 360 g/mol. The van der Waals surface area contributed by atoms with Crippen LogP contribution >= 0.6 is 0 Å². The highest BCUT2D eigenvalue weighted by Gasteiger charge is 2.59. The summed E-state index contributed by atoms with van der Waals surface area (Å²) in [6.07, 6.45) is 12.7. The lowest BCUT2D eigenvalue weighted by Gasteiger charge is -2.57. The summed E-state index contributed by atoms with van der Waals surface area (Å²) in [4.78, 5) is 12.1. The van der Waals surface area contributed by atoms with Crippen LogP contribution in [0.1, 0.15) is 85.0 Å². The molecule has 26 heavy (non-hydrogen) atoms. The molecule has 0 aromatic rings. The molecule has 146 valence electrons. The summed E-state index contributed by atoms with van der Waals surface area (Å²) >= 11 is 0. The Bertz CT molecular complexity index is 596. The van der Waals surface area contributed by atoms with E-state index >= 15 is 0 Å². The molecule has 0 aromatic carbocycles. The van der Waals surface area contributed by atoms with Gasteiger partial charge in [-0.3, -0.25) is 4.79 Å². The van der Waals surface area contributed by atoms with Gasteiger partial charge >= 0.3 is 5.97 Å². The van der Waals surface area contributed by atoms with Crippen molar-refractivity contribution in [2.75, 3.05) is 0 Å². The van der Waals surface area contributed by atoms with Crippen molar-refractivity contribution in [3.05, 3.63) is 11.6 Å². The van der Waals surface area contributed by atoms with Gasteiger partial charge in [0.1, 0.15) is 6.10 Å². The summed E-state index contributed by atoms with van der Waals surface area (Å²) in [5.74, 6) is 2.16. The van der Waals surface area contributed by atoms with Crippen LogP contribution in [0.3, 0.4) is 0 Å². The smallest absolute Gasteiger partial charge is 0.306 e. The van der Waals surface area contributed by atoms with E-state index in [1.165, 1.54) is 24.8 Å². The number of hydrogen-bond acceptors (Lipinski definition) is 3. The van der Waals surface area contributed by atoms with Crippen molar-refractivity contribution in [3.63, 3.8) is 0 Å². The molecule has 1 N–H and O–H groups in total. The predicted molar refractivity (Wildman–Crippen MR) is 102 cm³/mol. The van der Waals surface area contributed by atoms with E-state index < -0.39 is 0 Å². The van der Waals surface area contributed by atoms with Gasteiger partial charge in [-0.05, 0) is 81.0 Å². The zero-order chi connectivity index (χ0) is 18.5. The Kier molecular flexibility index (Phi) is 4.74. The van der Waals surface area contributed by atoms with Crippen LogP contribution in [0.15, 0.2) is 11.6 Å². The highest BCUT2D eigenvalue weighted by molar-refractivity contribution is 5.69. The average Bonchev–Trinajstić information content (AvgIpc) is 2.92. The first-order valence-corrected chi connectivity index (χ1v) is 11.0. The normalized spacial score (nSPS) is 47.4. The van der Waals surface area contributed by atoms with Crippen molar-refractivity contribution < 1.29 is 14.6 Å². The molecule has 7 atom stereocenters. The molecule has 4 aliphatic carbocycles. The van der Waals surface area contributed by atoms with E-state index in [0.29, 0.717) is 17.8 Å². The van der Waals surface area contributed by atoms with Crippen molar-refractivity contribution in [2.24, 2.45) is 28.6 Å². The fraction of sp³-hybridized carbons (Fsp3) is 0.870. The molecular weight excluding hydrogens is 324 g/mol. The van der Waals surface area contributed by atoms with Gasteiger partial charge in [0, 0.05) is 11.8 Å². The molecule has 4 rings (SSSR count). The predicted octanol–water partition coefficient (Wildman–Crippen LogP) is 5.02. The van der Waals surface area contributed by atoms with Crippen LogP contribution < -0.4 is 0 Å².